The molecular weight excluding hydrogens is 216 g/mol. The van der Waals surface area contributed by atoms with Gasteiger partial charge in [-0.15, -0.1) is 0 Å². The Morgan fingerprint density at radius 3 is 2.12 bits per heavy atom. The Bertz CT molecular complexity index is 263. The van der Waals surface area contributed by atoms with Crippen molar-refractivity contribution in [3.05, 3.63) is 11.6 Å². The van der Waals surface area contributed by atoms with E-state index in [1.165, 1.54) is 0 Å². The van der Waals surface area contributed by atoms with E-state index in [0.717, 1.165) is 31.3 Å². The molecule has 0 radical (unpaired) electrons. The number of rotatable bonds is 9. The van der Waals surface area contributed by atoms with Gasteiger partial charge >= 0.3 is 5.97 Å². The summed E-state index contributed by atoms with van der Waals surface area (Å²) in [7, 11) is 0. The van der Waals surface area contributed by atoms with Crippen molar-refractivity contribution in [1.82, 2.24) is 0 Å². The summed E-state index contributed by atoms with van der Waals surface area (Å²) in [5, 5.41) is 0. The number of hydrogen-bond acceptors (Lipinski definition) is 3. The minimum absolute atomic E-state index is 0.117. The molecule has 0 aromatic heterocycles. The molecule has 3 nitrogen and oxygen atoms in total. The van der Waals surface area contributed by atoms with Gasteiger partial charge in [0.2, 0.25) is 0 Å². The van der Waals surface area contributed by atoms with Crippen molar-refractivity contribution in [2.24, 2.45) is 0 Å². The summed E-state index contributed by atoms with van der Waals surface area (Å²) in [6.07, 6.45) is 6.56. The standard InChI is InChI=1S/C14H24O3/c1-4-17-14(16)10-8-6-5-7-9-13(15)11-12(2)3/h11H,4-10H2,1-3H3. The van der Waals surface area contributed by atoms with Crippen molar-refractivity contribution in [1.29, 1.82) is 0 Å². The number of hydrogen-bond donors (Lipinski definition) is 0. The average Bonchev–Trinajstić information content (AvgIpc) is 2.22. The molecule has 0 aliphatic rings. The van der Waals surface area contributed by atoms with Crippen LogP contribution in [0.4, 0.5) is 0 Å². The van der Waals surface area contributed by atoms with Gasteiger partial charge < -0.3 is 4.74 Å². The van der Waals surface area contributed by atoms with Crippen LogP contribution in [-0.2, 0) is 14.3 Å². The first-order valence-corrected chi connectivity index (χ1v) is 6.39. The summed E-state index contributed by atoms with van der Waals surface area (Å²) in [6, 6.07) is 0. The number of carbonyl (C=O) groups excluding carboxylic acids is 2. The van der Waals surface area contributed by atoms with E-state index in [0.29, 0.717) is 19.4 Å². The minimum Gasteiger partial charge on any atom is -0.466 e. The second kappa shape index (κ2) is 10.1. The van der Waals surface area contributed by atoms with Crippen molar-refractivity contribution in [2.75, 3.05) is 6.61 Å². The molecule has 17 heavy (non-hydrogen) atoms. The number of ether oxygens (including phenoxy) is 1. The van der Waals surface area contributed by atoms with Crippen LogP contribution in [0.2, 0.25) is 0 Å². The van der Waals surface area contributed by atoms with Gasteiger partial charge in [0.05, 0.1) is 6.61 Å². The van der Waals surface area contributed by atoms with E-state index in [-0.39, 0.29) is 11.8 Å². The first kappa shape index (κ1) is 15.9. The van der Waals surface area contributed by atoms with Gasteiger partial charge in [-0.2, -0.15) is 0 Å². The van der Waals surface area contributed by atoms with Crippen LogP contribution in [0.15, 0.2) is 11.6 Å². The van der Waals surface area contributed by atoms with Crippen LogP contribution >= 0.6 is 0 Å². The van der Waals surface area contributed by atoms with Crippen molar-refractivity contribution in [3.8, 4) is 0 Å². The summed E-state index contributed by atoms with van der Waals surface area (Å²) in [5.74, 6) is 0.0866. The molecule has 0 aromatic rings. The van der Waals surface area contributed by atoms with Crippen molar-refractivity contribution in [3.63, 3.8) is 0 Å². The number of allylic oxidation sites excluding steroid dienone is 2. The molecule has 0 aliphatic heterocycles. The highest BCUT2D eigenvalue weighted by molar-refractivity contribution is 5.90. The molecule has 0 amide bonds. The van der Waals surface area contributed by atoms with E-state index in [1.807, 2.05) is 20.8 Å². The molecule has 0 N–H and O–H groups in total. The molecule has 0 saturated carbocycles. The smallest absolute Gasteiger partial charge is 0.305 e. The normalized spacial score (nSPS) is 9.82. The van der Waals surface area contributed by atoms with E-state index < -0.39 is 0 Å². The lowest BCUT2D eigenvalue weighted by Crippen LogP contribution is -2.03. The third-order valence-corrected chi connectivity index (χ3v) is 2.31. The predicted octanol–water partition coefficient (Wildman–Crippen LogP) is 3.43. The van der Waals surface area contributed by atoms with Gasteiger partial charge in [-0.3, -0.25) is 9.59 Å². The zero-order chi connectivity index (χ0) is 13.1. The summed E-state index contributed by atoms with van der Waals surface area (Å²) < 4.78 is 4.83. The second-order valence-corrected chi connectivity index (χ2v) is 4.41. The molecule has 0 bridgehead atoms. The lowest BCUT2D eigenvalue weighted by Gasteiger charge is -2.01. The highest BCUT2D eigenvalue weighted by Gasteiger charge is 2.01. The summed E-state index contributed by atoms with van der Waals surface area (Å²) in [4.78, 5) is 22.4. The van der Waals surface area contributed by atoms with Gasteiger partial charge in [0, 0.05) is 12.8 Å². The van der Waals surface area contributed by atoms with Crippen LogP contribution in [-0.4, -0.2) is 18.4 Å². The molecule has 0 unspecified atom stereocenters. The Labute approximate surface area is 104 Å². The zero-order valence-corrected chi connectivity index (χ0v) is 11.3. The third kappa shape index (κ3) is 11.1. The highest BCUT2D eigenvalue weighted by atomic mass is 16.5. The monoisotopic (exact) mass is 240 g/mol. The van der Waals surface area contributed by atoms with Gasteiger partial charge in [0.1, 0.15) is 0 Å². The number of esters is 1. The Hall–Kier alpha value is -1.12. The number of unbranched alkanes of at least 4 members (excludes halogenated alkanes) is 3. The van der Waals surface area contributed by atoms with E-state index in [4.69, 9.17) is 4.74 Å². The maximum Gasteiger partial charge on any atom is 0.305 e. The minimum atomic E-state index is -0.117. The molecule has 0 fully saturated rings. The summed E-state index contributed by atoms with van der Waals surface area (Å²) in [6.45, 7) is 6.12. The number of ketones is 1. The van der Waals surface area contributed by atoms with E-state index >= 15 is 0 Å². The summed E-state index contributed by atoms with van der Waals surface area (Å²) in [5.41, 5.74) is 1.05. The van der Waals surface area contributed by atoms with Gasteiger partial charge in [-0.05, 0) is 39.7 Å². The van der Waals surface area contributed by atoms with E-state index in [2.05, 4.69) is 0 Å². The van der Waals surface area contributed by atoms with Crippen LogP contribution in [0.5, 0.6) is 0 Å². The quantitative estimate of drug-likeness (QED) is 0.352. The lowest BCUT2D eigenvalue weighted by molar-refractivity contribution is -0.143. The second-order valence-electron chi connectivity index (χ2n) is 4.41. The third-order valence-electron chi connectivity index (χ3n) is 2.31. The SMILES string of the molecule is CCOC(=O)CCCCCCC(=O)C=C(C)C. The predicted molar refractivity (Wildman–Crippen MR) is 68.8 cm³/mol. The fraction of sp³-hybridized carbons (Fsp3) is 0.714. The Morgan fingerprint density at radius 1 is 1.00 bits per heavy atom. The molecule has 0 saturated heterocycles. The van der Waals surface area contributed by atoms with Crippen LogP contribution in [0.1, 0.15) is 59.3 Å². The van der Waals surface area contributed by atoms with Gasteiger partial charge in [0.15, 0.2) is 5.78 Å². The topological polar surface area (TPSA) is 43.4 Å². The molecule has 3 heteroatoms. The molecule has 0 rings (SSSR count). The maximum atomic E-state index is 11.3. The molecule has 0 spiro atoms. The fourth-order valence-electron chi connectivity index (χ4n) is 1.55. The Kier molecular flexibility index (Phi) is 9.40. The molecule has 98 valence electrons. The fourth-order valence-corrected chi connectivity index (χ4v) is 1.55. The van der Waals surface area contributed by atoms with Crippen molar-refractivity contribution < 1.29 is 14.3 Å². The van der Waals surface area contributed by atoms with E-state index in [1.54, 1.807) is 6.08 Å². The molecule has 0 aromatic carbocycles. The van der Waals surface area contributed by atoms with Crippen molar-refractivity contribution >= 4 is 11.8 Å². The Balaban J connectivity index is 3.38. The largest absolute Gasteiger partial charge is 0.466 e. The Morgan fingerprint density at radius 2 is 1.59 bits per heavy atom. The molecular formula is C14H24O3. The van der Waals surface area contributed by atoms with Crippen LogP contribution in [0.3, 0.4) is 0 Å². The first-order chi connectivity index (χ1) is 8.06. The van der Waals surface area contributed by atoms with Crippen molar-refractivity contribution in [2.45, 2.75) is 59.3 Å². The summed E-state index contributed by atoms with van der Waals surface area (Å²) >= 11 is 0. The molecule has 0 atom stereocenters. The first-order valence-electron chi connectivity index (χ1n) is 6.39. The van der Waals surface area contributed by atoms with Gasteiger partial charge in [-0.1, -0.05) is 18.4 Å². The lowest BCUT2D eigenvalue weighted by atomic mass is 10.1. The van der Waals surface area contributed by atoms with Gasteiger partial charge in [0.25, 0.3) is 0 Å². The average molecular weight is 240 g/mol. The van der Waals surface area contributed by atoms with Crippen LogP contribution in [0.25, 0.3) is 0 Å². The van der Waals surface area contributed by atoms with Crippen LogP contribution in [0, 0.1) is 0 Å². The number of carbonyl (C=O) groups is 2. The zero-order valence-electron chi connectivity index (χ0n) is 11.3. The maximum absolute atomic E-state index is 11.3. The van der Waals surface area contributed by atoms with Gasteiger partial charge in [-0.25, -0.2) is 0 Å². The molecule has 0 aliphatic carbocycles. The highest BCUT2D eigenvalue weighted by Crippen LogP contribution is 2.07. The van der Waals surface area contributed by atoms with E-state index in [9.17, 15) is 9.59 Å². The molecule has 0 heterocycles. The van der Waals surface area contributed by atoms with Crippen LogP contribution < -0.4 is 0 Å².